The highest BCUT2D eigenvalue weighted by atomic mass is 16.5. The van der Waals surface area contributed by atoms with Crippen molar-refractivity contribution < 1.29 is 14.1 Å². The van der Waals surface area contributed by atoms with Crippen LogP contribution >= 0.6 is 0 Å². The normalized spacial score (nSPS) is 19.9. The molecule has 1 aromatic carbocycles. The van der Waals surface area contributed by atoms with Crippen molar-refractivity contribution in [2.45, 2.75) is 44.6 Å². The number of anilines is 1. The zero-order chi connectivity index (χ0) is 17.2. The quantitative estimate of drug-likeness (QED) is 0.896. The van der Waals surface area contributed by atoms with Crippen LogP contribution in [-0.4, -0.2) is 34.2 Å². The van der Waals surface area contributed by atoms with Gasteiger partial charge in [-0.2, -0.15) is 4.98 Å². The molecule has 1 aromatic heterocycles. The van der Waals surface area contributed by atoms with Crippen LogP contribution in [0.25, 0.3) is 0 Å². The lowest BCUT2D eigenvalue weighted by molar-refractivity contribution is 0.193. The van der Waals surface area contributed by atoms with E-state index in [1.165, 1.54) is 0 Å². The molecule has 2 fully saturated rings. The first-order valence-corrected chi connectivity index (χ1v) is 8.89. The SMILES string of the molecule is CCOc1ccccc1NC(=O)N1CCCC1c1nc(C2CC2)no1. The number of carbonyl (C=O) groups excluding carboxylic acids is 1. The number of urea groups is 1. The first-order chi connectivity index (χ1) is 12.3. The molecule has 0 spiro atoms. The Balaban J connectivity index is 1.48. The molecule has 132 valence electrons. The number of carbonyl (C=O) groups is 1. The van der Waals surface area contributed by atoms with Crippen molar-refractivity contribution in [3.05, 3.63) is 36.0 Å². The highest BCUT2D eigenvalue weighted by molar-refractivity contribution is 5.91. The summed E-state index contributed by atoms with van der Waals surface area (Å²) < 4.78 is 11.0. The molecule has 2 aromatic rings. The van der Waals surface area contributed by atoms with Crippen molar-refractivity contribution >= 4 is 11.7 Å². The lowest BCUT2D eigenvalue weighted by Gasteiger charge is -2.23. The molecule has 7 heteroatoms. The van der Waals surface area contributed by atoms with Crippen LogP contribution in [0.2, 0.25) is 0 Å². The average molecular weight is 342 g/mol. The van der Waals surface area contributed by atoms with Gasteiger partial charge in [0, 0.05) is 12.5 Å². The van der Waals surface area contributed by atoms with Gasteiger partial charge in [0.1, 0.15) is 11.8 Å². The van der Waals surface area contributed by atoms with Gasteiger partial charge in [0.25, 0.3) is 0 Å². The number of para-hydroxylation sites is 2. The fraction of sp³-hybridized carbons (Fsp3) is 0.500. The van der Waals surface area contributed by atoms with Crippen LogP contribution in [-0.2, 0) is 0 Å². The molecule has 1 aliphatic heterocycles. The van der Waals surface area contributed by atoms with E-state index in [4.69, 9.17) is 9.26 Å². The minimum absolute atomic E-state index is 0.153. The van der Waals surface area contributed by atoms with Crippen LogP contribution in [0.5, 0.6) is 5.75 Å². The predicted molar refractivity (Wildman–Crippen MR) is 91.6 cm³/mol. The number of likely N-dealkylation sites (tertiary alicyclic amines) is 1. The van der Waals surface area contributed by atoms with Gasteiger partial charge in [-0.1, -0.05) is 17.3 Å². The summed E-state index contributed by atoms with van der Waals surface area (Å²) in [6, 6.07) is 7.13. The van der Waals surface area contributed by atoms with Crippen LogP contribution in [0, 0.1) is 0 Å². The molecule has 1 aliphatic carbocycles. The molecule has 4 rings (SSSR count). The number of hydrogen-bond acceptors (Lipinski definition) is 5. The van der Waals surface area contributed by atoms with Crippen LogP contribution in [0.15, 0.2) is 28.8 Å². The largest absolute Gasteiger partial charge is 0.492 e. The van der Waals surface area contributed by atoms with E-state index in [2.05, 4.69) is 15.5 Å². The zero-order valence-electron chi connectivity index (χ0n) is 14.3. The molecular formula is C18H22N4O3. The minimum Gasteiger partial charge on any atom is -0.492 e. The standard InChI is InChI=1S/C18H22N4O3/c1-2-24-15-8-4-3-6-13(15)19-18(23)22-11-5-7-14(22)17-20-16(21-25-17)12-9-10-12/h3-4,6,8,12,14H,2,5,7,9-11H2,1H3,(H,19,23). The Morgan fingerprint density at radius 1 is 1.36 bits per heavy atom. The molecule has 2 amide bonds. The number of hydrogen-bond donors (Lipinski definition) is 1. The summed E-state index contributed by atoms with van der Waals surface area (Å²) in [6.07, 6.45) is 4.02. The van der Waals surface area contributed by atoms with E-state index in [1.807, 2.05) is 31.2 Å². The molecule has 7 nitrogen and oxygen atoms in total. The molecular weight excluding hydrogens is 320 g/mol. The van der Waals surface area contributed by atoms with E-state index in [0.717, 1.165) is 31.5 Å². The van der Waals surface area contributed by atoms with Gasteiger partial charge in [0.15, 0.2) is 5.82 Å². The van der Waals surface area contributed by atoms with Gasteiger partial charge in [-0.15, -0.1) is 0 Å². The zero-order valence-corrected chi connectivity index (χ0v) is 14.3. The molecule has 2 aliphatic rings. The summed E-state index contributed by atoms with van der Waals surface area (Å²) in [7, 11) is 0. The van der Waals surface area contributed by atoms with E-state index in [9.17, 15) is 4.79 Å². The van der Waals surface area contributed by atoms with Gasteiger partial charge in [0.05, 0.1) is 12.3 Å². The van der Waals surface area contributed by atoms with Gasteiger partial charge in [-0.3, -0.25) is 0 Å². The van der Waals surface area contributed by atoms with Crippen molar-refractivity contribution in [1.82, 2.24) is 15.0 Å². The third-order valence-corrected chi connectivity index (χ3v) is 4.63. The summed E-state index contributed by atoms with van der Waals surface area (Å²) in [5, 5.41) is 7.03. The van der Waals surface area contributed by atoms with Crippen LogP contribution < -0.4 is 10.1 Å². The molecule has 1 unspecified atom stereocenters. The molecule has 1 atom stereocenters. The minimum atomic E-state index is -0.166. The number of nitrogens with one attached hydrogen (secondary N) is 1. The highest BCUT2D eigenvalue weighted by Crippen LogP contribution is 2.40. The number of benzene rings is 1. The van der Waals surface area contributed by atoms with Gasteiger partial charge in [-0.25, -0.2) is 4.79 Å². The van der Waals surface area contributed by atoms with Gasteiger partial charge < -0.3 is 19.5 Å². The lowest BCUT2D eigenvalue weighted by atomic mass is 10.2. The third-order valence-electron chi connectivity index (χ3n) is 4.63. The topological polar surface area (TPSA) is 80.5 Å². The summed E-state index contributed by atoms with van der Waals surface area (Å²) in [5.74, 6) is 2.44. The van der Waals surface area contributed by atoms with Crippen LogP contribution in [0.1, 0.15) is 56.3 Å². The number of rotatable bonds is 5. The Bertz CT molecular complexity index is 756. The van der Waals surface area contributed by atoms with Crippen molar-refractivity contribution in [2.24, 2.45) is 0 Å². The molecule has 0 radical (unpaired) electrons. The number of aromatic nitrogens is 2. The summed E-state index contributed by atoms with van der Waals surface area (Å²) in [4.78, 5) is 19.1. The smallest absolute Gasteiger partial charge is 0.322 e. The van der Waals surface area contributed by atoms with Gasteiger partial charge >= 0.3 is 6.03 Å². The summed E-state index contributed by atoms with van der Waals surface area (Å²) >= 11 is 0. The number of nitrogens with zero attached hydrogens (tertiary/aromatic N) is 3. The van der Waals surface area contributed by atoms with Crippen molar-refractivity contribution in [1.29, 1.82) is 0 Å². The number of amides is 2. The predicted octanol–water partition coefficient (Wildman–Crippen LogP) is 3.71. The average Bonchev–Trinajstić information content (AvgIpc) is 3.16. The fourth-order valence-corrected chi connectivity index (χ4v) is 3.19. The Kier molecular flexibility index (Phi) is 4.29. The van der Waals surface area contributed by atoms with Crippen molar-refractivity contribution in [3.8, 4) is 5.75 Å². The van der Waals surface area contributed by atoms with Gasteiger partial charge in [0.2, 0.25) is 5.89 Å². The Labute approximate surface area is 146 Å². The fourth-order valence-electron chi connectivity index (χ4n) is 3.19. The first-order valence-electron chi connectivity index (χ1n) is 8.89. The Hall–Kier alpha value is -2.57. The van der Waals surface area contributed by atoms with Gasteiger partial charge in [-0.05, 0) is 44.7 Å². The second-order valence-corrected chi connectivity index (χ2v) is 6.48. The third kappa shape index (κ3) is 3.31. The first kappa shape index (κ1) is 15.9. The van der Waals surface area contributed by atoms with Crippen LogP contribution in [0.3, 0.4) is 0 Å². The van der Waals surface area contributed by atoms with E-state index >= 15 is 0 Å². The Morgan fingerprint density at radius 2 is 2.20 bits per heavy atom. The Morgan fingerprint density at radius 3 is 3.00 bits per heavy atom. The van der Waals surface area contributed by atoms with E-state index in [0.29, 0.717) is 36.4 Å². The summed E-state index contributed by atoms with van der Waals surface area (Å²) in [5.41, 5.74) is 0.671. The molecule has 1 N–H and O–H groups in total. The summed E-state index contributed by atoms with van der Waals surface area (Å²) in [6.45, 7) is 3.14. The molecule has 2 heterocycles. The second-order valence-electron chi connectivity index (χ2n) is 6.48. The van der Waals surface area contributed by atoms with E-state index in [-0.39, 0.29) is 12.1 Å². The molecule has 0 bridgehead atoms. The van der Waals surface area contributed by atoms with E-state index in [1.54, 1.807) is 4.90 Å². The molecule has 1 saturated carbocycles. The molecule has 25 heavy (non-hydrogen) atoms. The molecule has 1 saturated heterocycles. The van der Waals surface area contributed by atoms with Crippen molar-refractivity contribution in [3.63, 3.8) is 0 Å². The maximum absolute atomic E-state index is 12.8. The number of ether oxygens (including phenoxy) is 1. The lowest BCUT2D eigenvalue weighted by Crippen LogP contribution is -2.34. The maximum atomic E-state index is 12.8. The maximum Gasteiger partial charge on any atom is 0.322 e. The van der Waals surface area contributed by atoms with E-state index < -0.39 is 0 Å². The second kappa shape index (κ2) is 6.74. The van der Waals surface area contributed by atoms with Crippen molar-refractivity contribution in [2.75, 3.05) is 18.5 Å². The highest BCUT2D eigenvalue weighted by Gasteiger charge is 2.36. The van der Waals surface area contributed by atoms with Crippen LogP contribution in [0.4, 0.5) is 10.5 Å². The monoisotopic (exact) mass is 342 g/mol.